The van der Waals surface area contributed by atoms with E-state index in [1.165, 1.54) is 7.05 Å². The van der Waals surface area contributed by atoms with E-state index < -0.39 is 21.8 Å². The van der Waals surface area contributed by atoms with Crippen LogP contribution in [0.3, 0.4) is 0 Å². The summed E-state index contributed by atoms with van der Waals surface area (Å²) in [6, 6.07) is 9.40. The van der Waals surface area contributed by atoms with E-state index in [0.29, 0.717) is 24.2 Å². The van der Waals surface area contributed by atoms with Gasteiger partial charge < -0.3 is 19.3 Å². The quantitative estimate of drug-likeness (QED) is 0.571. The lowest BCUT2D eigenvalue weighted by molar-refractivity contribution is 0.0719. The zero-order chi connectivity index (χ0) is 21.5. The summed E-state index contributed by atoms with van der Waals surface area (Å²) in [6.07, 6.45) is 0.514. The molecule has 158 valence electrons. The van der Waals surface area contributed by atoms with Crippen molar-refractivity contribution in [1.82, 2.24) is 25.0 Å². The third-order valence-corrected chi connectivity index (χ3v) is 5.89. The van der Waals surface area contributed by atoms with E-state index in [4.69, 9.17) is 0 Å². The number of carbonyl (C=O) groups is 2. The first-order chi connectivity index (χ1) is 14.2. The smallest absolute Gasteiger partial charge is 0.274 e. The van der Waals surface area contributed by atoms with Gasteiger partial charge in [0.1, 0.15) is 5.69 Å². The van der Waals surface area contributed by atoms with Gasteiger partial charge in [0.05, 0.1) is 22.4 Å². The predicted octanol–water partition coefficient (Wildman–Crippen LogP) is 0.707. The van der Waals surface area contributed by atoms with Gasteiger partial charge in [-0.15, -0.1) is 0 Å². The van der Waals surface area contributed by atoms with Crippen molar-refractivity contribution in [2.24, 2.45) is 0 Å². The summed E-state index contributed by atoms with van der Waals surface area (Å²) in [5.74, 6) is -1.36. The monoisotopic (exact) mass is 430 g/mol. The summed E-state index contributed by atoms with van der Waals surface area (Å²) >= 11 is 0. The minimum absolute atomic E-state index is 0.130. The van der Waals surface area contributed by atoms with Crippen molar-refractivity contribution < 1.29 is 22.6 Å². The maximum absolute atomic E-state index is 13.0. The number of nitrogens with one attached hydrogen (secondary N) is 2. The van der Waals surface area contributed by atoms with Crippen LogP contribution in [0.5, 0.6) is 0 Å². The topological polar surface area (TPSA) is 142 Å². The van der Waals surface area contributed by atoms with E-state index in [9.17, 15) is 22.6 Å². The van der Waals surface area contributed by atoms with Crippen LogP contribution in [-0.2, 0) is 23.1 Å². The van der Waals surface area contributed by atoms with E-state index in [0.717, 1.165) is 21.5 Å². The molecule has 0 saturated carbocycles. The Morgan fingerprint density at radius 3 is 2.80 bits per heavy atom. The van der Waals surface area contributed by atoms with Crippen LogP contribution in [0.4, 0.5) is 0 Å². The van der Waals surface area contributed by atoms with E-state index in [1.807, 2.05) is 24.3 Å². The third kappa shape index (κ3) is 3.94. The fraction of sp³-hybridized carbons (Fsp3) is 0.316. The number of aromatic amines is 2. The molecule has 3 aromatic rings. The first-order valence-corrected chi connectivity index (χ1v) is 10.9. The Kier molecular flexibility index (Phi) is 5.08. The van der Waals surface area contributed by atoms with Gasteiger partial charge in [-0.25, -0.2) is 8.42 Å². The summed E-state index contributed by atoms with van der Waals surface area (Å²) < 4.78 is 32.5. The molecule has 2 N–H and O–H groups in total. The highest BCUT2D eigenvalue weighted by molar-refractivity contribution is 7.85. The second-order valence-electron chi connectivity index (χ2n) is 7.26. The van der Waals surface area contributed by atoms with Crippen molar-refractivity contribution in [3.8, 4) is 0 Å². The minimum Gasteiger partial charge on any atom is -0.748 e. The Morgan fingerprint density at radius 2 is 2.07 bits per heavy atom. The molecule has 30 heavy (non-hydrogen) atoms. The summed E-state index contributed by atoms with van der Waals surface area (Å²) in [7, 11) is -3.02. The number of fused-ring (bicyclic) bond motifs is 2. The molecule has 3 heterocycles. The summed E-state index contributed by atoms with van der Waals surface area (Å²) in [4.78, 5) is 31.6. The molecule has 1 aromatic carbocycles. The third-order valence-electron chi connectivity index (χ3n) is 5.21. The van der Waals surface area contributed by atoms with Crippen molar-refractivity contribution in [1.29, 1.82) is 0 Å². The normalized spacial score (nSPS) is 14.0. The van der Waals surface area contributed by atoms with Crippen molar-refractivity contribution in [3.05, 3.63) is 53.0 Å². The van der Waals surface area contributed by atoms with Crippen LogP contribution in [0.2, 0.25) is 0 Å². The van der Waals surface area contributed by atoms with Gasteiger partial charge in [0, 0.05) is 48.7 Å². The molecule has 1 aliphatic heterocycles. The number of nitrogens with zero attached hydrogens (tertiary/aromatic N) is 3. The van der Waals surface area contributed by atoms with E-state index >= 15 is 0 Å². The molecule has 10 nitrogen and oxygen atoms in total. The standard InChI is InChI=1S/C19H21N5O5S/c1-23(8-9-30(27,28)29)19(26)17-13-11-24(7-6-15(13)21-22-17)18(25)16-10-12-4-2-3-5-14(12)20-16/h2-5,10,20H,6-9,11H2,1H3,(H,21,22)(H,27,28,29)/p-1. The minimum atomic E-state index is -4.43. The van der Waals surface area contributed by atoms with Crippen LogP contribution >= 0.6 is 0 Å². The molecular formula is C19H20N5O5S-. The SMILES string of the molecule is CN(CCS(=O)(=O)[O-])C(=O)c1n[nH]c2c1CN(C(=O)c1cc3ccccc3[nH]1)CC2. The Labute approximate surface area is 172 Å². The van der Waals surface area contributed by atoms with Gasteiger partial charge in [-0.2, -0.15) is 5.10 Å². The highest BCUT2D eigenvalue weighted by Crippen LogP contribution is 2.24. The van der Waals surface area contributed by atoms with Crippen molar-refractivity contribution in [2.45, 2.75) is 13.0 Å². The molecule has 0 fully saturated rings. The van der Waals surface area contributed by atoms with Gasteiger partial charge >= 0.3 is 0 Å². The molecule has 2 amide bonds. The number of hydrogen-bond donors (Lipinski definition) is 2. The van der Waals surface area contributed by atoms with E-state index in [2.05, 4.69) is 15.2 Å². The van der Waals surface area contributed by atoms with Gasteiger partial charge in [0.15, 0.2) is 5.69 Å². The van der Waals surface area contributed by atoms with Crippen molar-refractivity contribution in [3.63, 3.8) is 0 Å². The van der Waals surface area contributed by atoms with E-state index in [1.54, 1.807) is 11.0 Å². The molecule has 0 saturated heterocycles. The summed E-state index contributed by atoms with van der Waals surface area (Å²) in [5.41, 5.74) is 2.84. The number of benzene rings is 1. The molecule has 0 radical (unpaired) electrons. The molecule has 2 aromatic heterocycles. The maximum atomic E-state index is 13.0. The lowest BCUT2D eigenvalue weighted by Gasteiger charge is -2.27. The van der Waals surface area contributed by atoms with Crippen molar-refractivity contribution in [2.75, 3.05) is 25.9 Å². The zero-order valence-corrected chi connectivity index (χ0v) is 17.0. The van der Waals surface area contributed by atoms with Crippen LogP contribution in [0.25, 0.3) is 10.9 Å². The number of H-pyrrole nitrogens is 2. The maximum Gasteiger partial charge on any atom is 0.274 e. The average molecular weight is 430 g/mol. The van der Waals surface area contributed by atoms with Crippen LogP contribution in [-0.4, -0.2) is 75.7 Å². The lowest BCUT2D eigenvalue weighted by atomic mass is 10.0. The number of amides is 2. The van der Waals surface area contributed by atoms with Gasteiger partial charge in [-0.05, 0) is 12.1 Å². The fourth-order valence-electron chi connectivity index (χ4n) is 3.54. The Morgan fingerprint density at radius 1 is 1.30 bits per heavy atom. The van der Waals surface area contributed by atoms with Gasteiger partial charge in [0.2, 0.25) is 0 Å². The fourth-order valence-corrected chi connectivity index (χ4v) is 4.03. The number of rotatable bonds is 5. The highest BCUT2D eigenvalue weighted by Gasteiger charge is 2.30. The van der Waals surface area contributed by atoms with Gasteiger partial charge in [-0.3, -0.25) is 14.7 Å². The van der Waals surface area contributed by atoms with Crippen LogP contribution in [0.15, 0.2) is 30.3 Å². The molecule has 0 unspecified atom stereocenters. The molecule has 1 aliphatic rings. The molecule has 0 atom stereocenters. The average Bonchev–Trinajstić information content (AvgIpc) is 3.33. The van der Waals surface area contributed by atoms with Crippen LogP contribution < -0.4 is 0 Å². The zero-order valence-electron chi connectivity index (χ0n) is 16.2. The van der Waals surface area contributed by atoms with Crippen LogP contribution in [0, 0.1) is 0 Å². The Balaban J connectivity index is 1.52. The van der Waals surface area contributed by atoms with E-state index in [-0.39, 0.29) is 24.7 Å². The Hall–Kier alpha value is -3.18. The number of hydrogen-bond acceptors (Lipinski definition) is 6. The number of para-hydroxylation sites is 1. The predicted molar refractivity (Wildman–Crippen MR) is 107 cm³/mol. The molecule has 0 bridgehead atoms. The first-order valence-electron chi connectivity index (χ1n) is 9.35. The highest BCUT2D eigenvalue weighted by atomic mass is 32.2. The van der Waals surface area contributed by atoms with Crippen LogP contribution in [0.1, 0.15) is 32.2 Å². The summed E-state index contributed by atoms with van der Waals surface area (Å²) in [5, 5.41) is 7.84. The second kappa shape index (κ2) is 7.58. The lowest BCUT2D eigenvalue weighted by Crippen LogP contribution is -2.37. The largest absolute Gasteiger partial charge is 0.748 e. The molecule has 0 spiro atoms. The van der Waals surface area contributed by atoms with Gasteiger partial charge in [0.25, 0.3) is 11.8 Å². The molecule has 4 rings (SSSR count). The molecule has 11 heteroatoms. The summed E-state index contributed by atoms with van der Waals surface area (Å²) in [6.45, 7) is 0.445. The number of aromatic nitrogens is 3. The van der Waals surface area contributed by atoms with Crippen molar-refractivity contribution >= 4 is 32.8 Å². The molecule has 0 aliphatic carbocycles. The first kappa shape index (κ1) is 20.1. The van der Waals surface area contributed by atoms with Gasteiger partial charge in [-0.1, -0.05) is 18.2 Å². The number of carbonyl (C=O) groups excluding carboxylic acids is 2. The second-order valence-corrected chi connectivity index (χ2v) is 8.79. The Bertz CT molecular complexity index is 1200. The molecular weight excluding hydrogens is 410 g/mol.